The van der Waals surface area contributed by atoms with Crippen molar-refractivity contribution in [2.24, 2.45) is 0 Å². The first-order chi connectivity index (χ1) is 11.7. The molecule has 2 heterocycles. The summed E-state index contributed by atoms with van der Waals surface area (Å²) in [5.41, 5.74) is 1.11. The summed E-state index contributed by atoms with van der Waals surface area (Å²) in [5, 5.41) is 2.31. The molecule has 1 atom stereocenters. The van der Waals surface area contributed by atoms with Gasteiger partial charge in [-0.15, -0.1) is 0 Å². The number of hydrogen-bond acceptors (Lipinski definition) is 3. The van der Waals surface area contributed by atoms with Crippen molar-refractivity contribution < 1.29 is 13.2 Å². The maximum atomic E-state index is 13.1. The molecule has 2 aliphatic heterocycles. The van der Waals surface area contributed by atoms with Crippen LogP contribution in [0, 0.1) is 0 Å². The molecule has 24 heavy (non-hydrogen) atoms. The molecular weight excluding hydrogens is 324 g/mol. The van der Waals surface area contributed by atoms with Gasteiger partial charge in [-0.1, -0.05) is 42.5 Å². The molecule has 5 nitrogen and oxygen atoms in total. The largest absolute Gasteiger partial charge is 0.379 e. The second-order valence-corrected chi connectivity index (χ2v) is 8.24. The van der Waals surface area contributed by atoms with Crippen LogP contribution in [0.4, 0.5) is 0 Å². The summed E-state index contributed by atoms with van der Waals surface area (Å²) in [6.45, 7) is 2.44. The molecule has 0 unspecified atom stereocenters. The smallest absolute Gasteiger partial charge is 0.282 e. The molecule has 0 radical (unpaired) electrons. The molecule has 0 aromatic heterocycles. The van der Waals surface area contributed by atoms with Gasteiger partial charge >= 0.3 is 0 Å². The van der Waals surface area contributed by atoms with E-state index in [1.165, 1.54) is 0 Å². The van der Waals surface area contributed by atoms with Crippen molar-refractivity contribution in [2.45, 2.75) is 18.9 Å². The van der Waals surface area contributed by atoms with Gasteiger partial charge in [-0.3, -0.25) is 0 Å². The Kier molecular flexibility index (Phi) is 4.30. The molecule has 0 aliphatic carbocycles. The van der Waals surface area contributed by atoms with Crippen molar-refractivity contribution in [3.05, 3.63) is 48.0 Å². The third-order valence-corrected chi connectivity index (χ3v) is 7.03. The highest BCUT2D eigenvalue weighted by molar-refractivity contribution is 7.86. The van der Waals surface area contributed by atoms with Gasteiger partial charge in [0, 0.05) is 19.6 Å². The lowest BCUT2D eigenvalue weighted by Crippen LogP contribution is -2.48. The Hall–Kier alpha value is -1.47. The average Bonchev–Trinajstić information content (AvgIpc) is 3.12. The van der Waals surface area contributed by atoms with E-state index in [9.17, 15) is 8.42 Å². The zero-order valence-electron chi connectivity index (χ0n) is 13.6. The molecule has 4 rings (SSSR count). The zero-order valence-corrected chi connectivity index (χ0v) is 14.4. The van der Waals surface area contributed by atoms with E-state index >= 15 is 0 Å². The summed E-state index contributed by atoms with van der Waals surface area (Å²) in [6, 6.07) is 14.3. The molecule has 6 heteroatoms. The summed E-state index contributed by atoms with van der Waals surface area (Å²) >= 11 is 0. The minimum absolute atomic E-state index is 0.0797. The third-order valence-electron chi connectivity index (χ3n) is 4.98. The van der Waals surface area contributed by atoms with Crippen molar-refractivity contribution in [1.29, 1.82) is 0 Å². The van der Waals surface area contributed by atoms with Crippen LogP contribution in [0.3, 0.4) is 0 Å². The SMILES string of the molecule is O=S(=O)(N1CCOCC1)N1CCC[C@@H]1c1cccc2ccccc12. The molecule has 0 N–H and O–H groups in total. The van der Waals surface area contributed by atoms with E-state index in [1.807, 2.05) is 18.2 Å². The maximum Gasteiger partial charge on any atom is 0.282 e. The molecular formula is C18H22N2O3S. The molecule has 2 aromatic rings. The van der Waals surface area contributed by atoms with Gasteiger partial charge in [0.1, 0.15) is 0 Å². The number of ether oxygens (including phenoxy) is 1. The van der Waals surface area contributed by atoms with E-state index in [-0.39, 0.29) is 6.04 Å². The molecule has 2 aliphatic rings. The van der Waals surface area contributed by atoms with Crippen LogP contribution in [-0.4, -0.2) is 49.9 Å². The summed E-state index contributed by atoms with van der Waals surface area (Å²) in [5.74, 6) is 0. The second-order valence-electron chi connectivity index (χ2n) is 6.36. The monoisotopic (exact) mass is 346 g/mol. The van der Waals surface area contributed by atoms with Crippen LogP contribution in [0.25, 0.3) is 10.8 Å². The number of morpholine rings is 1. The number of nitrogens with zero attached hydrogens (tertiary/aromatic N) is 2. The fraction of sp³-hybridized carbons (Fsp3) is 0.444. The topological polar surface area (TPSA) is 49.9 Å². The maximum absolute atomic E-state index is 13.1. The highest BCUT2D eigenvalue weighted by atomic mass is 32.2. The van der Waals surface area contributed by atoms with E-state index in [0.717, 1.165) is 29.2 Å². The lowest BCUT2D eigenvalue weighted by atomic mass is 9.98. The van der Waals surface area contributed by atoms with Crippen molar-refractivity contribution in [3.63, 3.8) is 0 Å². The lowest BCUT2D eigenvalue weighted by molar-refractivity contribution is 0.0699. The molecule has 0 saturated carbocycles. The number of rotatable bonds is 3. The summed E-state index contributed by atoms with van der Waals surface area (Å²) in [4.78, 5) is 0. The van der Waals surface area contributed by atoms with E-state index in [0.29, 0.717) is 32.8 Å². The van der Waals surface area contributed by atoms with Crippen molar-refractivity contribution >= 4 is 21.0 Å². The van der Waals surface area contributed by atoms with Gasteiger partial charge in [0.05, 0.1) is 19.3 Å². The van der Waals surface area contributed by atoms with Crippen molar-refractivity contribution in [1.82, 2.24) is 8.61 Å². The predicted molar refractivity (Wildman–Crippen MR) is 93.9 cm³/mol. The zero-order chi connectivity index (χ0) is 16.6. The van der Waals surface area contributed by atoms with Gasteiger partial charge in [0.15, 0.2) is 0 Å². The molecule has 128 valence electrons. The highest BCUT2D eigenvalue weighted by Gasteiger charge is 2.39. The first-order valence-electron chi connectivity index (χ1n) is 8.50. The fourth-order valence-electron chi connectivity index (χ4n) is 3.79. The van der Waals surface area contributed by atoms with Crippen LogP contribution in [0.2, 0.25) is 0 Å². The molecule has 2 fully saturated rings. The third kappa shape index (κ3) is 2.73. The Balaban J connectivity index is 1.72. The second kappa shape index (κ2) is 6.44. The predicted octanol–water partition coefficient (Wildman–Crippen LogP) is 2.55. The molecule has 0 bridgehead atoms. The first-order valence-corrected chi connectivity index (χ1v) is 9.90. The number of hydrogen-bond donors (Lipinski definition) is 0. The average molecular weight is 346 g/mol. The quantitative estimate of drug-likeness (QED) is 0.858. The van der Waals surface area contributed by atoms with Crippen LogP contribution in [0.15, 0.2) is 42.5 Å². The van der Waals surface area contributed by atoms with E-state index < -0.39 is 10.2 Å². The van der Waals surface area contributed by atoms with Crippen LogP contribution < -0.4 is 0 Å². The molecule has 2 aromatic carbocycles. The molecule has 0 amide bonds. The van der Waals surface area contributed by atoms with Crippen LogP contribution in [0.5, 0.6) is 0 Å². The Morgan fingerprint density at radius 1 is 0.958 bits per heavy atom. The Morgan fingerprint density at radius 2 is 1.71 bits per heavy atom. The van der Waals surface area contributed by atoms with Gasteiger partial charge in [0.2, 0.25) is 0 Å². The van der Waals surface area contributed by atoms with E-state index in [4.69, 9.17) is 4.74 Å². The van der Waals surface area contributed by atoms with Crippen molar-refractivity contribution in [3.8, 4) is 0 Å². The Morgan fingerprint density at radius 3 is 2.54 bits per heavy atom. The van der Waals surface area contributed by atoms with Crippen LogP contribution in [0.1, 0.15) is 24.4 Å². The Bertz CT molecular complexity index is 826. The summed E-state index contributed by atoms with van der Waals surface area (Å²) in [6.07, 6.45) is 1.77. The van der Waals surface area contributed by atoms with E-state index in [2.05, 4.69) is 24.3 Å². The normalized spacial score (nSPS) is 23.8. The minimum Gasteiger partial charge on any atom is -0.379 e. The summed E-state index contributed by atoms with van der Waals surface area (Å²) in [7, 11) is -3.44. The van der Waals surface area contributed by atoms with E-state index in [1.54, 1.807) is 8.61 Å². The van der Waals surface area contributed by atoms with Gasteiger partial charge in [-0.2, -0.15) is 17.0 Å². The fourth-order valence-corrected chi connectivity index (χ4v) is 5.60. The summed E-state index contributed by atoms with van der Waals surface area (Å²) < 4.78 is 34.8. The molecule has 2 saturated heterocycles. The van der Waals surface area contributed by atoms with Crippen molar-refractivity contribution in [2.75, 3.05) is 32.8 Å². The van der Waals surface area contributed by atoms with Crippen LogP contribution in [-0.2, 0) is 14.9 Å². The van der Waals surface area contributed by atoms with Gasteiger partial charge in [0.25, 0.3) is 10.2 Å². The van der Waals surface area contributed by atoms with Crippen LogP contribution >= 0.6 is 0 Å². The van der Waals surface area contributed by atoms with Gasteiger partial charge in [-0.05, 0) is 29.2 Å². The minimum atomic E-state index is -3.44. The Labute approximate surface area is 143 Å². The standard InChI is InChI=1S/C18H22N2O3S/c21-24(22,19-11-13-23-14-12-19)20-10-4-9-18(20)17-8-3-6-15-5-1-2-7-16(15)17/h1-3,5-8,18H,4,9-14H2/t18-/m1/s1. The lowest BCUT2D eigenvalue weighted by Gasteiger charge is -2.33. The number of benzene rings is 2. The molecule has 0 spiro atoms. The van der Waals surface area contributed by atoms with Gasteiger partial charge < -0.3 is 4.74 Å². The number of fused-ring (bicyclic) bond motifs is 1. The van der Waals surface area contributed by atoms with Gasteiger partial charge in [-0.25, -0.2) is 0 Å². The highest BCUT2D eigenvalue weighted by Crippen LogP contribution is 2.38. The first kappa shape index (κ1) is 16.0.